The minimum atomic E-state index is -4.94. The van der Waals surface area contributed by atoms with Gasteiger partial charge in [-0.2, -0.15) is 13.2 Å². The monoisotopic (exact) mass is 433 g/mol. The largest absolute Gasteiger partial charge is 0.416 e. The summed E-state index contributed by atoms with van der Waals surface area (Å²) >= 11 is 0. The van der Waals surface area contributed by atoms with Crippen molar-refractivity contribution in [3.8, 4) is 0 Å². The van der Waals surface area contributed by atoms with Gasteiger partial charge >= 0.3 is 6.18 Å². The predicted molar refractivity (Wildman–Crippen MR) is 98.0 cm³/mol. The van der Waals surface area contributed by atoms with Crippen molar-refractivity contribution in [3.05, 3.63) is 65.5 Å². The van der Waals surface area contributed by atoms with Gasteiger partial charge in [0.15, 0.2) is 0 Å². The van der Waals surface area contributed by atoms with Crippen LogP contribution < -0.4 is 5.32 Å². The van der Waals surface area contributed by atoms with E-state index in [0.29, 0.717) is 18.7 Å². The quantitative estimate of drug-likeness (QED) is 0.674. The first-order valence-corrected chi connectivity index (χ1v) is 10.6. The van der Waals surface area contributed by atoms with E-state index in [1.54, 1.807) is 0 Å². The standard InChI is InChI=1S/C20H20F5NO2S/c21-16-10-15(20(23,24)25)11-18(12-16)29(27,28)19(22)8-6-17(7-9-19)26-13-14-4-2-1-3-5-14/h1-5,10-12,17,26H,6-9,13H2. The van der Waals surface area contributed by atoms with Crippen LogP contribution in [0.3, 0.4) is 0 Å². The predicted octanol–water partition coefficient (Wildman–Crippen LogP) is 5.02. The lowest BCUT2D eigenvalue weighted by atomic mass is 9.93. The first kappa shape index (κ1) is 21.7. The number of nitrogens with one attached hydrogen (secondary N) is 1. The van der Waals surface area contributed by atoms with Crippen molar-refractivity contribution in [2.24, 2.45) is 0 Å². The Morgan fingerprint density at radius 2 is 1.66 bits per heavy atom. The van der Waals surface area contributed by atoms with Crippen LogP contribution in [0.25, 0.3) is 0 Å². The number of hydrogen-bond donors (Lipinski definition) is 1. The number of benzene rings is 2. The van der Waals surface area contributed by atoms with E-state index < -0.39 is 37.3 Å². The van der Waals surface area contributed by atoms with Crippen molar-refractivity contribution in [1.29, 1.82) is 0 Å². The normalized spacial score (nSPS) is 23.1. The molecule has 2 aromatic carbocycles. The molecule has 0 radical (unpaired) electrons. The molecule has 0 heterocycles. The van der Waals surface area contributed by atoms with Gasteiger partial charge in [0.2, 0.25) is 14.8 Å². The average Bonchev–Trinajstić information content (AvgIpc) is 2.67. The van der Waals surface area contributed by atoms with Crippen molar-refractivity contribution < 1.29 is 30.4 Å². The molecule has 3 nitrogen and oxygen atoms in total. The molecule has 1 aliphatic carbocycles. The Labute approximate surface area is 165 Å². The molecule has 0 spiro atoms. The molecule has 1 aliphatic rings. The number of alkyl halides is 4. The fourth-order valence-electron chi connectivity index (χ4n) is 3.47. The summed E-state index contributed by atoms with van der Waals surface area (Å²) in [7, 11) is -4.79. The lowest BCUT2D eigenvalue weighted by Crippen LogP contribution is -2.43. The third kappa shape index (κ3) is 4.78. The lowest BCUT2D eigenvalue weighted by molar-refractivity contribution is -0.137. The Kier molecular flexibility index (Phi) is 6.01. The van der Waals surface area contributed by atoms with Crippen molar-refractivity contribution in [2.45, 2.75) is 54.3 Å². The van der Waals surface area contributed by atoms with E-state index in [-0.39, 0.29) is 37.8 Å². The number of rotatable bonds is 5. The van der Waals surface area contributed by atoms with Crippen molar-refractivity contribution in [2.75, 3.05) is 0 Å². The minimum Gasteiger partial charge on any atom is -0.310 e. The summed E-state index contributed by atoms with van der Waals surface area (Å²) < 4.78 is 93.0. The maximum absolute atomic E-state index is 15.3. The second kappa shape index (κ2) is 8.02. The maximum Gasteiger partial charge on any atom is 0.416 e. The SMILES string of the molecule is O=S(=O)(c1cc(F)cc(C(F)(F)F)c1)C1(F)CCC(NCc2ccccc2)CC1. The molecular formula is C20H20F5NO2S. The van der Waals surface area contributed by atoms with Gasteiger partial charge in [-0.1, -0.05) is 30.3 Å². The highest BCUT2D eigenvalue weighted by Crippen LogP contribution is 2.41. The maximum atomic E-state index is 15.3. The molecule has 2 aromatic rings. The molecule has 0 amide bonds. The van der Waals surface area contributed by atoms with E-state index in [1.807, 2.05) is 30.3 Å². The lowest BCUT2D eigenvalue weighted by Gasteiger charge is -2.34. The highest BCUT2D eigenvalue weighted by Gasteiger charge is 2.48. The molecule has 1 saturated carbocycles. The van der Waals surface area contributed by atoms with Gasteiger partial charge < -0.3 is 5.32 Å². The Bertz CT molecular complexity index is 953. The second-order valence-corrected chi connectivity index (χ2v) is 9.41. The molecule has 1 fully saturated rings. The zero-order valence-corrected chi connectivity index (χ0v) is 16.2. The van der Waals surface area contributed by atoms with Gasteiger partial charge in [0.25, 0.3) is 0 Å². The van der Waals surface area contributed by atoms with Gasteiger partial charge in [-0.15, -0.1) is 0 Å². The highest BCUT2D eigenvalue weighted by atomic mass is 32.2. The first-order valence-electron chi connectivity index (χ1n) is 9.10. The molecule has 3 rings (SSSR count). The summed E-state index contributed by atoms with van der Waals surface area (Å²) in [6, 6.07) is 10.3. The smallest absolute Gasteiger partial charge is 0.310 e. The molecule has 29 heavy (non-hydrogen) atoms. The van der Waals surface area contributed by atoms with E-state index in [2.05, 4.69) is 5.32 Å². The van der Waals surface area contributed by atoms with Gasteiger partial charge in [-0.3, -0.25) is 0 Å². The van der Waals surface area contributed by atoms with E-state index in [4.69, 9.17) is 0 Å². The van der Waals surface area contributed by atoms with Gasteiger partial charge in [-0.05, 0) is 49.4 Å². The molecule has 0 atom stereocenters. The molecule has 0 bridgehead atoms. The third-order valence-electron chi connectivity index (χ3n) is 5.16. The van der Waals surface area contributed by atoms with E-state index >= 15 is 4.39 Å². The van der Waals surface area contributed by atoms with Crippen LogP contribution in [-0.2, 0) is 22.6 Å². The van der Waals surface area contributed by atoms with Crippen LogP contribution in [0.2, 0.25) is 0 Å². The van der Waals surface area contributed by atoms with E-state index in [9.17, 15) is 26.0 Å². The first-order chi connectivity index (χ1) is 13.5. The Hall–Kier alpha value is -2.00. The van der Waals surface area contributed by atoms with Crippen molar-refractivity contribution in [3.63, 3.8) is 0 Å². The van der Waals surface area contributed by atoms with Crippen molar-refractivity contribution in [1.82, 2.24) is 5.32 Å². The summed E-state index contributed by atoms with van der Waals surface area (Å²) in [4.78, 5) is -0.983. The molecule has 9 heteroatoms. The van der Waals surface area contributed by atoms with Gasteiger partial charge in [0.05, 0.1) is 10.5 Å². The zero-order valence-electron chi connectivity index (χ0n) is 15.3. The summed E-state index contributed by atoms with van der Waals surface area (Å²) in [5.41, 5.74) is -0.436. The number of halogens is 5. The van der Waals surface area contributed by atoms with Crippen LogP contribution in [0.4, 0.5) is 22.0 Å². The fraction of sp³-hybridized carbons (Fsp3) is 0.400. The minimum absolute atomic E-state index is 0.118. The van der Waals surface area contributed by atoms with Gasteiger partial charge in [0, 0.05) is 12.6 Å². The molecule has 158 valence electrons. The summed E-state index contributed by atoms with van der Waals surface area (Å²) in [5, 5.41) is 0.507. The number of hydrogen-bond acceptors (Lipinski definition) is 3. The van der Waals surface area contributed by atoms with Crippen LogP contribution in [0, 0.1) is 5.82 Å². The Balaban J connectivity index is 1.73. The zero-order chi connectivity index (χ0) is 21.3. The van der Waals surface area contributed by atoms with Crippen molar-refractivity contribution >= 4 is 9.84 Å². The molecule has 0 aromatic heterocycles. The van der Waals surface area contributed by atoms with Crippen LogP contribution in [-0.4, -0.2) is 19.5 Å². The fourth-order valence-corrected chi connectivity index (χ4v) is 5.22. The van der Waals surface area contributed by atoms with Crippen LogP contribution in [0.15, 0.2) is 53.4 Å². The molecule has 1 N–H and O–H groups in total. The molecule has 0 unspecified atom stereocenters. The van der Waals surface area contributed by atoms with Crippen LogP contribution in [0.5, 0.6) is 0 Å². The molecule has 0 saturated heterocycles. The molecule has 0 aliphatic heterocycles. The molecular weight excluding hydrogens is 413 g/mol. The van der Waals surface area contributed by atoms with Gasteiger partial charge in [0.1, 0.15) is 5.82 Å². The summed E-state index contributed by atoms with van der Waals surface area (Å²) in [6.45, 7) is 0.538. The van der Waals surface area contributed by atoms with Crippen LogP contribution >= 0.6 is 0 Å². The second-order valence-electron chi connectivity index (χ2n) is 7.20. The van der Waals surface area contributed by atoms with E-state index in [0.717, 1.165) is 5.56 Å². The topological polar surface area (TPSA) is 46.2 Å². The number of sulfone groups is 1. The Morgan fingerprint density at radius 1 is 1.03 bits per heavy atom. The average molecular weight is 433 g/mol. The highest BCUT2D eigenvalue weighted by molar-refractivity contribution is 7.92. The summed E-state index contributed by atoms with van der Waals surface area (Å²) in [5.74, 6) is -1.37. The third-order valence-corrected chi connectivity index (χ3v) is 7.39. The van der Waals surface area contributed by atoms with E-state index in [1.165, 1.54) is 0 Å². The summed E-state index contributed by atoms with van der Waals surface area (Å²) in [6.07, 6.45) is -5.29. The Morgan fingerprint density at radius 3 is 2.24 bits per heavy atom. The van der Waals surface area contributed by atoms with Gasteiger partial charge in [-0.25, -0.2) is 17.2 Å². The van der Waals surface area contributed by atoms with Crippen LogP contribution in [0.1, 0.15) is 36.8 Å².